The van der Waals surface area contributed by atoms with Crippen LogP contribution in [0.15, 0.2) is 42.5 Å². The van der Waals surface area contributed by atoms with Gasteiger partial charge in [-0.3, -0.25) is 4.79 Å². The lowest BCUT2D eigenvalue weighted by Crippen LogP contribution is -2.23. The molecule has 1 N–H and O–H groups in total. The van der Waals surface area contributed by atoms with Crippen LogP contribution >= 0.6 is 0 Å². The molecule has 0 aromatic heterocycles. The molecule has 2 rings (SSSR count). The molecule has 1 aromatic rings. The molecule has 0 unspecified atom stereocenters. The molecule has 0 radical (unpaired) electrons. The first-order chi connectivity index (χ1) is 9.69. The highest BCUT2D eigenvalue weighted by molar-refractivity contribution is 6.01. The van der Waals surface area contributed by atoms with E-state index in [1.807, 2.05) is 30.3 Å². The maximum atomic E-state index is 12.4. The molecule has 0 heterocycles. The highest BCUT2D eigenvalue weighted by Gasteiger charge is 2.32. The Labute approximate surface area is 120 Å². The Morgan fingerprint density at radius 1 is 1.40 bits per heavy atom. The summed E-state index contributed by atoms with van der Waals surface area (Å²) in [6, 6.07) is 7.74. The third-order valence-electron chi connectivity index (χ3n) is 3.91. The fourth-order valence-corrected chi connectivity index (χ4v) is 2.78. The number of ketones is 1. The number of Topliss-reactive ketones (excluding diaryl/α,β-unsaturated/α-hetero) is 1. The lowest BCUT2D eigenvalue weighted by atomic mass is 9.77. The Hall–Kier alpha value is -1.67. The minimum atomic E-state index is -0.616. The Balaban J connectivity index is 2.37. The lowest BCUT2D eigenvalue weighted by molar-refractivity contribution is -0.116. The van der Waals surface area contributed by atoms with Gasteiger partial charge in [0.25, 0.3) is 0 Å². The number of benzene rings is 1. The smallest absolute Gasteiger partial charge is 0.159 e. The molecule has 0 saturated carbocycles. The van der Waals surface area contributed by atoms with Crippen molar-refractivity contribution in [2.75, 3.05) is 0 Å². The van der Waals surface area contributed by atoms with Crippen LogP contribution in [0.4, 0.5) is 0 Å². The van der Waals surface area contributed by atoms with Gasteiger partial charge in [-0.25, -0.2) is 0 Å². The van der Waals surface area contributed by atoms with Crippen LogP contribution < -0.4 is 0 Å². The summed E-state index contributed by atoms with van der Waals surface area (Å²) in [5.74, 6) is -0.000917. The fraction of sp³-hybridized carbons (Fsp3) is 0.389. The van der Waals surface area contributed by atoms with Gasteiger partial charge >= 0.3 is 0 Å². The molecule has 0 amide bonds. The Morgan fingerprint density at radius 3 is 2.85 bits per heavy atom. The molecule has 0 saturated heterocycles. The number of carbonyl (C=O) groups excluding carboxylic acids is 1. The fourth-order valence-electron chi connectivity index (χ4n) is 2.78. The maximum absolute atomic E-state index is 12.4. The van der Waals surface area contributed by atoms with Gasteiger partial charge in [-0.05, 0) is 30.0 Å². The van der Waals surface area contributed by atoms with Crippen molar-refractivity contribution in [3.8, 4) is 0 Å². The van der Waals surface area contributed by atoms with Crippen molar-refractivity contribution in [3.05, 3.63) is 53.6 Å². The van der Waals surface area contributed by atoms with Crippen LogP contribution in [0.5, 0.6) is 0 Å². The van der Waals surface area contributed by atoms with Crippen molar-refractivity contribution >= 4 is 11.9 Å². The first-order valence-electron chi connectivity index (χ1n) is 7.31. The molecular formula is C18H22O2. The van der Waals surface area contributed by atoms with Gasteiger partial charge in [-0.2, -0.15) is 0 Å². The van der Waals surface area contributed by atoms with Crippen molar-refractivity contribution in [3.63, 3.8) is 0 Å². The van der Waals surface area contributed by atoms with Gasteiger partial charge in [-0.15, -0.1) is 6.58 Å². The van der Waals surface area contributed by atoms with E-state index in [-0.39, 0.29) is 11.7 Å². The molecule has 106 valence electrons. The number of hydrogen-bond donors (Lipinski definition) is 1. The van der Waals surface area contributed by atoms with Crippen LogP contribution in [-0.2, 0) is 4.79 Å². The van der Waals surface area contributed by atoms with Gasteiger partial charge in [0.2, 0.25) is 0 Å². The molecular weight excluding hydrogens is 248 g/mol. The molecule has 0 spiro atoms. The molecule has 1 aliphatic rings. The van der Waals surface area contributed by atoms with E-state index in [1.54, 1.807) is 6.08 Å². The lowest BCUT2D eigenvalue weighted by Gasteiger charge is -2.30. The summed E-state index contributed by atoms with van der Waals surface area (Å²) in [5, 5.41) is 10.6. The first kappa shape index (κ1) is 14.7. The van der Waals surface area contributed by atoms with E-state index in [0.717, 1.165) is 29.5 Å². The van der Waals surface area contributed by atoms with Crippen molar-refractivity contribution in [1.29, 1.82) is 0 Å². The van der Waals surface area contributed by atoms with Crippen molar-refractivity contribution in [2.24, 2.45) is 5.92 Å². The molecule has 1 aromatic carbocycles. The standard InChI is InChI=1S/C18H22O2/c1-3-5-11-17(19)16-12-13-9-6-7-10-14(13)18(20)15(16)8-4-2/h4,6-7,9-10,12,15,18,20H,2-3,5,8,11H2,1H3/t15-,18+/m1/s1. The van der Waals surface area contributed by atoms with Gasteiger partial charge in [0, 0.05) is 17.9 Å². The number of rotatable bonds is 6. The van der Waals surface area contributed by atoms with E-state index in [2.05, 4.69) is 13.5 Å². The number of carbonyl (C=O) groups is 1. The van der Waals surface area contributed by atoms with E-state index in [0.29, 0.717) is 12.8 Å². The van der Waals surface area contributed by atoms with E-state index in [4.69, 9.17) is 0 Å². The molecule has 0 aliphatic heterocycles. The van der Waals surface area contributed by atoms with Gasteiger partial charge < -0.3 is 5.11 Å². The van der Waals surface area contributed by atoms with Gasteiger partial charge in [0.05, 0.1) is 6.10 Å². The zero-order chi connectivity index (χ0) is 14.5. The van der Waals surface area contributed by atoms with Gasteiger partial charge in [-0.1, -0.05) is 43.7 Å². The van der Waals surface area contributed by atoms with Crippen LogP contribution in [0.2, 0.25) is 0 Å². The molecule has 20 heavy (non-hydrogen) atoms. The summed E-state index contributed by atoms with van der Waals surface area (Å²) in [5.41, 5.74) is 2.62. The predicted molar refractivity (Wildman–Crippen MR) is 82.2 cm³/mol. The second-order valence-corrected chi connectivity index (χ2v) is 5.33. The number of aliphatic hydroxyl groups is 1. The molecule has 1 aliphatic carbocycles. The highest BCUT2D eigenvalue weighted by Crippen LogP contribution is 2.39. The third kappa shape index (κ3) is 2.91. The molecule has 2 nitrogen and oxygen atoms in total. The topological polar surface area (TPSA) is 37.3 Å². The molecule has 0 fully saturated rings. The minimum absolute atomic E-state index is 0.159. The zero-order valence-electron chi connectivity index (χ0n) is 12.0. The van der Waals surface area contributed by atoms with E-state index < -0.39 is 6.10 Å². The largest absolute Gasteiger partial charge is 0.388 e. The van der Waals surface area contributed by atoms with E-state index in [9.17, 15) is 9.90 Å². The van der Waals surface area contributed by atoms with Crippen molar-refractivity contribution < 1.29 is 9.90 Å². The molecule has 2 heteroatoms. The van der Waals surface area contributed by atoms with E-state index in [1.165, 1.54) is 0 Å². The summed E-state index contributed by atoms with van der Waals surface area (Å²) < 4.78 is 0. The predicted octanol–water partition coefficient (Wildman–Crippen LogP) is 4.07. The summed E-state index contributed by atoms with van der Waals surface area (Å²) in [7, 11) is 0. The number of fused-ring (bicyclic) bond motifs is 1. The highest BCUT2D eigenvalue weighted by atomic mass is 16.3. The molecule has 0 bridgehead atoms. The average molecular weight is 270 g/mol. The monoisotopic (exact) mass is 270 g/mol. The number of allylic oxidation sites excluding steroid dienone is 1. The first-order valence-corrected chi connectivity index (χ1v) is 7.31. The Kier molecular flexibility index (Phi) is 4.91. The zero-order valence-corrected chi connectivity index (χ0v) is 12.0. The number of hydrogen-bond acceptors (Lipinski definition) is 2. The van der Waals surface area contributed by atoms with Crippen LogP contribution in [0.3, 0.4) is 0 Å². The Morgan fingerprint density at radius 2 is 2.15 bits per heavy atom. The second-order valence-electron chi connectivity index (χ2n) is 5.33. The summed E-state index contributed by atoms with van der Waals surface area (Å²) >= 11 is 0. The van der Waals surface area contributed by atoms with Crippen molar-refractivity contribution in [2.45, 2.75) is 38.7 Å². The average Bonchev–Trinajstić information content (AvgIpc) is 2.47. The Bertz CT molecular complexity index is 528. The van der Waals surface area contributed by atoms with Gasteiger partial charge in [0.15, 0.2) is 5.78 Å². The number of aliphatic hydroxyl groups excluding tert-OH is 1. The van der Waals surface area contributed by atoms with Crippen LogP contribution in [0.25, 0.3) is 6.08 Å². The van der Waals surface area contributed by atoms with Crippen LogP contribution in [0, 0.1) is 5.92 Å². The third-order valence-corrected chi connectivity index (χ3v) is 3.91. The summed E-state index contributed by atoms with van der Waals surface area (Å²) in [6.45, 7) is 5.83. The maximum Gasteiger partial charge on any atom is 0.159 e. The normalized spacial score (nSPS) is 21.0. The summed E-state index contributed by atoms with van der Waals surface area (Å²) in [6.07, 6.45) is 6.20. The minimum Gasteiger partial charge on any atom is -0.388 e. The van der Waals surface area contributed by atoms with Crippen LogP contribution in [0.1, 0.15) is 49.8 Å². The second kappa shape index (κ2) is 6.67. The summed E-state index contributed by atoms with van der Waals surface area (Å²) in [4.78, 5) is 12.4. The quantitative estimate of drug-likeness (QED) is 0.791. The van der Waals surface area contributed by atoms with Crippen molar-refractivity contribution in [1.82, 2.24) is 0 Å². The number of unbranched alkanes of at least 4 members (excludes halogenated alkanes) is 1. The SMILES string of the molecule is C=CC[C@@H]1C(C(=O)CCCC)=Cc2ccccc2[C@@H]1O. The van der Waals surface area contributed by atoms with E-state index >= 15 is 0 Å². The molecule has 2 atom stereocenters. The van der Waals surface area contributed by atoms with Crippen LogP contribution in [-0.4, -0.2) is 10.9 Å². The van der Waals surface area contributed by atoms with Gasteiger partial charge in [0.1, 0.15) is 0 Å².